The number of hydrogen-bond donors (Lipinski definition) is 1. The van der Waals surface area contributed by atoms with E-state index in [4.69, 9.17) is 5.73 Å². The Labute approximate surface area is 113 Å². The highest BCUT2D eigenvalue weighted by Crippen LogP contribution is 2.33. The third-order valence-corrected chi connectivity index (χ3v) is 5.05. The second kappa shape index (κ2) is 5.25. The zero-order valence-electron chi connectivity index (χ0n) is 10.6. The predicted octanol–water partition coefficient (Wildman–Crippen LogP) is 4.07. The fourth-order valence-corrected chi connectivity index (χ4v) is 3.96. The molecule has 18 heavy (non-hydrogen) atoms. The van der Waals surface area contributed by atoms with Gasteiger partial charge in [0, 0.05) is 9.75 Å². The normalized spacial score (nSPS) is 16.9. The van der Waals surface area contributed by atoms with E-state index in [-0.39, 0.29) is 6.04 Å². The first-order valence-corrected chi connectivity index (χ1v) is 7.58. The van der Waals surface area contributed by atoms with E-state index < -0.39 is 0 Å². The van der Waals surface area contributed by atoms with Gasteiger partial charge in [-0.25, -0.2) is 0 Å². The van der Waals surface area contributed by atoms with Gasteiger partial charge >= 0.3 is 0 Å². The number of benzene rings is 1. The summed E-state index contributed by atoms with van der Waals surface area (Å²) in [4.78, 5) is 2.90. The van der Waals surface area contributed by atoms with Crippen LogP contribution in [0.15, 0.2) is 36.4 Å². The summed E-state index contributed by atoms with van der Waals surface area (Å²) >= 11 is 1.93. The molecule has 0 aliphatic heterocycles. The Morgan fingerprint density at radius 2 is 1.78 bits per heavy atom. The van der Waals surface area contributed by atoms with Crippen molar-refractivity contribution in [3.63, 3.8) is 0 Å². The molecule has 2 aromatic rings. The van der Waals surface area contributed by atoms with Gasteiger partial charge in [-0.2, -0.15) is 0 Å². The summed E-state index contributed by atoms with van der Waals surface area (Å²) in [6.45, 7) is 0. The molecule has 0 spiro atoms. The van der Waals surface area contributed by atoms with Crippen LogP contribution < -0.4 is 5.73 Å². The molecule has 1 unspecified atom stereocenters. The molecule has 0 bridgehead atoms. The van der Waals surface area contributed by atoms with Crippen molar-refractivity contribution in [2.45, 2.75) is 38.1 Å². The largest absolute Gasteiger partial charge is 0.320 e. The van der Waals surface area contributed by atoms with Gasteiger partial charge in [-0.1, -0.05) is 36.8 Å². The van der Waals surface area contributed by atoms with Crippen molar-refractivity contribution in [2.24, 2.45) is 5.73 Å². The highest BCUT2D eigenvalue weighted by molar-refractivity contribution is 7.12. The van der Waals surface area contributed by atoms with E-state index in [1.54, 1.807) is 10.4 Å². The second-order valence-corrected chi connectivity index (χ2v) is 6.21. The Morgan fingerprint density at radius 3 is 2.61 bits per heavy atom. The maximum Gasteiger partial charge on any atom is 0.0646 e. The summed E-state index contributed by atoms with van der Waals surface area (Å²) in [5.41, 5.74) is 9.15. The standard InChI is InChI=1S/C16H19NS/c17-16(12-7-3-1-4-8-12)15-11-13-9-5-2-6-10-14(13)18-15/h1,3-4,7-8,11,16H,2,5-6,9-10,17H2. The molecule has 1 aromatic carbocycles. The van der Waals surface area contributed by atoms with E-state index in [0.29, 0.717) is 0 Å². The average Bonchev–Trinajstić information content (AvgIpc) is 2.70. The van der Waals surface area contributed by atoms with Crippen LogP contribution in [0.5, 0.6) is 0 Å². The van der Waals surface area contributed by atoms with Crippen LogP contribution in [0.2, 0.25) is 0 Å². The summed E-state index contributed by atoms with van der Waals surface area (Å²) in [6, 6.07) is 12.8. The van der Waals surface area contributed by atoms with E-state index in [9.17, 15) is 0 Å². The van der Waals surface area contributed by atoms with Crippen LogP contribution in [0.1, 0.15) is 46.2 Å². The summed E-state index contributed by atoms with van der Waals surface area (Å²) in [7, 11) is 0. The molecule has 3 rings (SSSR count). The fraction of sp³-hybridized carbons (Fsp3) is 0.375. The quantitative estimate of drug-likeness (QED) is 0.807. The molecule has 0 fully saturated rings. The smallest absolute Gasteiger partial charge is 0.0646 e. The Balaban J connectivity index is 1.89. The molecule has 0 saturated heterocycles. The van der Waals surface area contributed by atoms with Gasteiger partial charge in [-0.15, -0.1) is 11.3 Å². The van der Waals surface area contributed by atoms with Gasteiger partial charge < -0.3 is 5.73 Å². The van der Waals surface area contributed by atoms with Crippen LogP contribution in [-0.4, -0.2) is 0 Å². The molecule has 1 aliphatic carbocycles. The molecule has 1 nitrogen and oxygen atoms in total. The number of hydrogen-bond acceptors (Lipinski definition) is 2. The van der Waals surface area contributed by atoms with Crippen LogP contribution in [-0.2, 0) is 12.8 Å². The highest BCUT2D eigenvalue weighted by atomic mass is 32.1. The molecule has 2 N–H and O–H groups in total. The molecule has 2 heteroatoms. The minimum absolute atomic E-state index is 0.0446. The molecule has 1 aromatic heterocycles. The monoisotopic (exact) mass is 257 g/mol. The maximum absolute atomic E-state index is 6.38. The van der Waals surface area contributed by atoms with Gasteiger partial charge in [0.15, 0.2) is 0 Å². The van der Waals surface area contributed by atoms with E-state index in [1.165, 1.54) is 42.5 Å². The second-order valence-electron chi connectivity index (χ2n) is 5.05. The van der Waals surface area contributed by atoms with Gasteiger partial charge in [0.1, 0.15) is 0 Å². The van der Waals surface area contributed by atoms with Crippen LogP contribution in [0.3, 0.4) is 0 Å². The maximum atomic E-state index is 6.38. The van der Waals surface area contributed by atoms with Crippen LogP contribution in [0.25, 0.3) is 0 Å². The molecular formula is C16H19NS. The van der Waals surface area contributed by atoms with Gasteiger partial charge in [0.25, 0.3) is 0 Å². The summed E-state index contributed by atoms with van der Waals surface area (Å²) in [6.07, 6.45) is 6.55. The summed E-state index contributed by atoms with van der Waals surface area (Å²) in [5, 5.41) is 0. The van der Waals surface area contributed by atoms with E-state index in [1.807, 2.05) is 17.4 Å². The van der Waals surface area contributed by atoms with Gasteiger partial charge in [0.05, 0.1) is 6.04 Å². The van der Waals surface area contributed by atoms with Crippen LogP contribution in [0.4, 0.5) is 0 Å². The zero-order chi connectivity index (χ0) is 12.4. The van der Waals surface area contributed by atoms with Gasteiger partial charge in [0.2, 0.25) is 0 Å². The fourth-order valence-electron chi connectivity index (χ4n) is 2.67. The van der Waals surface area contributed by atoms with Gasteiger partial charge in [-0.05, 0) is 42.9 Å². The topological polar surface area (TPSA) is 26.0 Å². The molecule has 0 amide bonds. The van der Waals surface area contributed by atoms with Crippen molar-refractivity contribution in [1.29, 1.82) is 0 Å². The lowest BCUT2D eigenvalue weighted by atomic mass is 10.0. The molecule has 0 radical (unpaired) electrons. The molecule has 1 atom stereocenters. The first kappa shape index (κ1) is 11.9. The van der Waals surface area contributed by atoms with E-state index in [2.05, 4.69) is 30.3 Å². The number of rotatable bonds is 2. The lowest BCUT2D eigenvalue weighted by Gasteiger charge is -2.09. The molecular weight excluding hydrogens is 238 g/mol. The van der Waals surface area contributed by atoms with Crippen molar-refractivity contribution < 1.29 is 0 Å². The number of fused-ring (bicyclic) bond motifs is 1. The van der Waals surface area contributed by atoms with E-state index in [0.717, 1.165) is 0 Å². The Hall–Kier alpha value is -1.12. The van der Waals surface area contributed by atoms with Crippen molar-refractivity contribution in [3.05, 3.63) is 57.3 Å². The lowest BCUT2D eigenvalue weighted by molar-refractivity contribution is 0.712. The summed E-state index contributed by atoms with van der Waals surface area (Å²) < 4.78 is 0. The van der Waals surface area contributed by atoms with Crippen LogP contribution >= 0.6 is 11.3 Å². The highest BCUT2D eigenvalue weighted by Gasteiger charge is 2.16. The number of nitrogens with two attached hydrogens (primary N) is 1. The minimum atomic E-state index is 0.0446. The van der Waals surface area contributed by atoms with Crippen molar-refractivity contribution in [3.8, 4) is 0 Å². The Kier molecular flexibility index (Phi) is 3.48. The number of thiophene rings is 1. The van der Waals surface area contributed by atoms with Crippen molar-refractivity contribution >= 4 is 11.3 Å². The Morgan fingerprint density at radius 1 is 1.00 bits per heavy atom. The lowest BCUT2D eigenvalue weighted by Crippen LogP contribution is -2.09. The van der Waals surface area contributed by atoms with E-state index >= 15 is 0 Å². The first-order valence-electron chi connectivity index (χ1n) is 6.76. The summed E-state index contributed by atoms with van der Waals surface area (Å²) in [5.74, 6) is 0. The molecule has 1 heterocycles. The SMILES string of the molecule is NC(c1ccccc1)c1cc2c(s1)CCCCC2. The zero-order valence-corrected chi connectivity index (χ0v) is 11.4. The molecule has 0 saturated carbocycles. The number of aryl methyl sites for hydroxylation is 2. The average molecular weight is 257 g/mol. The first-order chi connectivity index (χ1) is 8.84. The van der Waals surface area contributed by atoms with Gasteiger partial charge in [-0.3, -0.25) is 0 Å². The molecule has 1 aliphatic rings. The third-order valence-electron chi connectivity index (χ3n) is 3.73. The Bertz CT molecular complexity index is 492. The third kappa shape index (κ3) is 2.36. The van der Waals surface area contributed by atoms with Crippen LogP contribution in [0, 0.1) is 0 Å². The van der Waals surface area contributed by atoms with Crippen molar-refractivity contribution in [2.75, 3.05) is 0 Å². The van der Waals surface area contributed by atoms with Crippen molar-refractivity contribution in [1.82, 2.24) is 0 Å². The molecule has 94 valence electrons. The minimum Gasteiger partial charge on any atom is -0.320 e. The predicted molar refractivity (Wildman–Crippen MR) is 78.1 cm³/mol.